The van der Waals surface area contributed by atoms with Crippen LogP contribution in [0, 0.1) is 0 Å². The van der Waals surface area contributed by atoms with E-state index in [1.165, 1.54) is 0 Å². The summed E-state index contributed by atoms with van der Waals surface area (Å²) in [5.41, 5.74) is 1.12. The molecule has 0 saturated carbocycles. The van der Waals surface area contributed by atoms with Gasteiger partial charge in [0.15, 0.2) is 0 Å². The summed E-state index contributed by atoms with van der Waals surface area (Å²) in [6, 6.07) is 17.6. The summed E-state index contributed by atoms with van der Waals surface area (Å²) in [5.74, 6) is 1.85. The highest BCUT2D eigenvalue weighted by Crippen LogP contribution is 2.18. The third kappa shape index (κ3) is 5.61. The maximum atomic E-state index is 12.2. The molecule has 2 aromatic carbocycles. The van der Waals surface area contributed by atoms with Gasteiger partial charge < -0.3 is 14.4 Å². The van der Waals surface area contributed by atoms with Gasteiger partial charge in [-0.1, -0.05) is 36.4 Å². The number of carbonyl (C=O) groups is 1. The molecule has 0 aliphatic heterocycles. The van der Waals surface area contributed by atoms with Crippen LogP contribution >= 0.6 is 0 Å². The van der Waals surface area contributed by atoms with Gasteiger partial charge in [0, 0.05) is 20.0 Å². The van der Waals surface area contributed by atoms with E-state index in [1.54, 1.807) is 12.0 Å². The summed E-state index contributed by atoms with van der Waals surface area (Å²) < 4.78 is 10.9. The number of benzene rings is 2. The summed E-state index contributed by atoms with van der Waals surface area (Å²) in [6.45, 7) is 1.23. The smallest absolute Gasteiger partial charge is 0.222 e. The monoisotopic (exact) mass is 327 g/mol. The number of hydrogen-bond acceptors (Lipinski definition) is 3. The number of para-hydroxylation sites is 2. The number of methoxy groups -OCH3 is 1. The van der Waals surface area contributed by atoms with E-state index in [1.807, 2.05) is 61.6 Å². The molecule has 0 atom stereocenters. The highest BCUT2D eigenvalue weighted by Gasteiger charge is 2.10. The minimum Gasteiger partial charge on any atom is -0.496 e. The van der Waals surface area contributed by atoms with E-state index in [-0.39, 0.29) is 5.91 Å². The van der Waals surface area contributed by atoms with Gasteiger partial charge in [-0.05, 0) is 36.6 Å². The van der Waals surface area contributed by atoms with Crippen molar-refractivity contribution in [2.24, 2.45) is 0 Å². The van der Waals surface area contributed by atoms with Gasteiger partial charge in [0.05, 0.1) is 13.7 Å². The minimum atomic E-state index is 0.140. The summed E-state index contributed by atoms with van der Waals surface area (Å²) in [4.78, 5) is 13.9. The van der Waals surface area contributed by atoms with Crippen molar-refractivity contribution in [2.45, 2.75) is 19.3 Å². The van der Waals surface area contributed by atoms with Crippen molar-refractivity contribution in [2.75, 3.05) is 27.3 Å². The Bertz CT molecular complexity index is 628. The van der Waals surface area contributed by atoms with Crippen LogP contribution in [0.4, 0.5) is 0 Å². The lowest BCUT2D eigenvalue weighted by Crippen LogP contribution is -2.29. The fourth-order valence-corrected chi connectivity index (χ4v) is 2.44. The molecule has 0 aliphatic rings. The second kappa shape index (κ2) is 9.60. The van der Waals surface area contributed by atoms with E-state index < -0.39 is 0 Å². The second-order valence-corrected chi connectivity index (χ2v) is 5.64. The summed E-state index contributed by atoms with van der Waals surface area (Å²) in [7, 11) is 3.51. The van der Waals surface area contributed by atoms with E-state index in [0.717, 1.165) is 23.5 Å². The van der Waals surface area contributed by atoms with Crippen LogP contribution in [-0.2, 0) is 11.2 Å². The Morgan fingerprint density at radius 1 is 1.04 bits per heavy atom. The van der Waals surface area contributed by atoms with Gasteiger partial charge in [-0.15, -0.1) is 0 Å². The van der Waals surface area contributed by atoms with Crippen molar-refractivity contribution in [3.05, 3.63) is 60.2 Å². The standard InChI is InChI=1S/C20H25NO3/c1-21(15-14-17-9-6-7-12-19(17)23-2)20(22)13-8-16-24-18-10-4-3-5-11-18/h3-7,9-12H,8,13-16H2,1-2H3. The molecule has 128 valence electrons. The van der Waals surface area contributed by atoms with E-state index in [4.69, 9.17) is 9.47 Å². The van der Waals surface area contributed by atoms with Crippen molar-refractivity contribution < 1.29 is 14.3 Å². The number of carbonyl (C=O) groups excluding carboxylic acids is 1. The molecule has 0 bridgehead atoms. The van der Waals surface area contributed by atoms with Gasteiger partial charge in [-0.3, -0.25) is 4.79 Å². The van der Waals surface area contributed by atoms with Crippen molar-refractivity contribution in [3.8, 4) is 11.5 Å². The molecule has 4 heteroatoms. The van der Waals surface area contributed by atoms with Gasteiger partial charge in [-0.2, -0.15) is 0 Å². The number of hydrogen-bond donors (Lipinski definition) is 0. The first-order valence-corrected chi connectivity index (χ1v) is 8.24. The zero-order valence-corrected chi connectivity index (χ0v) is 14.4. The molecule has 0 spiro atoms. The Hall–Kier alpha value is -2.49. The Balaban J connectivity index is 1.68. The average Bonchev–Trinajstić information content (AvgIpc) is 2.64. The zero-order chi connectivity index (χ0) is 17.2. The summed E-state index contributed by atoms with van der Waals surface area (Å²) >= 11 is 0. The van der Waals surface area contributed by atoms with Gasteiger partial charge in [0.2, 0.25) is 5.91 Å². The number of amides is 1. The molecule has 4 nitrogen and oxygen atoms in total. The van der Waals surface area contributed by atoms with Crippen LogP contribution < -0.4 is 9.47 Å². The maximum absolute atomic E-state index is 12.2. The van der Waals surface area contributed by atoms with E-state index >= 15 is 0 Å². The molecule has 24 heavy (non-hydrogen) atoms. The van der Waals surface area contributed by atoms with Crippen LogP contribution in [-0.4, -0.2) is 38.1 Å². The fourth-order valence-electron chi connectivity index (χ4n) is 2.44. The topological polar surface area (TPSA) is 38.8 Å². The molecule has 1 amide bonds. The third-order valence-corrected chi connectivity index (χ3v) is 3.88. The van der Waals surface area contributed by atoms with E-state index in [0.29, 0.717) is 26.0 Å². The molecule has 0 heterocycles. The Morgan fingerprint density at radius 3 is 2.50 bits per heavy atom. The zero-order valence-electron chi connectivity index (χ0n) is 14.4. The lowest BCUT2D eigenvalue weighted by molar-refractivity contribution is -0.130. The number of nitrogens with zero attached hydrogens (tertiary/aromatic N) is 1. The fraction of sp³-hybridized carbons (Fsp3) is 0.350. The molecule has 0 fully saturated rings. The maximum Gasteiger partial charge on any atom is 0.222 e. The van der Waals surface area contributed by atoms with E-state index in [2.05, 4.69) is 0 Å². The third-order valence-electron chi connectivity index (χ3n) is 3.88. The van der Waals surface area contributed by atoms with Crippen molar-refractivity contribution in [1.29, 1.82) is 0 Å². The summed E-state index contributed by atoms with van der Waals surface area (Å²) in [6.07, 6.45) is 1.99. The lowest BCUT2D eigenvalue weighted by atomic mass is 10.1. The predicted molar refractivity (Wildman–Crippen MR) is 95.5 cm³/mol. The molecule has 0 unspecified atom stereocenters. The molecule has 0 aliphatic carbocycles. The first-order chi connectivity index (χ1) is 11.7. The molecule has 2 rings (SSSR count). The second-order valence-electron chi connectivity index (χ2n) is 5.64. The Labute approximate surface area is 144 Å². The van der Waals surface area contributed by atoms with Crippen LogP contribution in [0.25, 0.3) is 0 Å². The predicted octanol–water partition coefficient (Wildman–Crippen LogP) is 3.56. The molecule has 2 aromatic rings. The Kier molecular flexibility index (Phi) is 7.15. The SMILES string of the molecule is COc1ccccc1CCN(C)C(=O)CCCOc1ccccc1. The van der Waals surface area contributed by atoms with Crippen molar-refractivity contribution in [3.63, 3.8) is 0 Å². The Morgan fingerprint density at radius 2 is 1.75 bits per heavy atom. The molecule has 0 saturated heterocycles. The van der Waals surface area contributed by atoms with Crippen molar-refractivity contribution >= 4 is 5.91 Å². The molecular weight excluding hydrogens is 302 g/mol. The first-order valence-electron chi connectivity index (χ1n) is 8.24. The van der Waals surface area contributed by atoms with Crippen LogP contribution in [0.2, 0.25) is 0 Å². The minimum absolute atomic E-state index is 0.140. The number of likely N-dealkylation sites (N-methyl/N-ethyl adjacent to an activating group) is 1. The molecule has 0 aromatic heterocycles. The lowest BCUT2D eigenvalue weighted by Gasteiger charge is -2.18. The normalized spacial score (nSPS) is 10.2. The highest BCUT2D eigenvalue weighted by atomic mass is 16.5. The van der Waals surface area contributed by atoms with Crippen molar-refractivity contribution in [1.82, 2.24) is 4.90 Å². The van der Waals surface area contributed by atoms with Crippen LogP contribution in [0.3, 0.4) is 0 Å². The largest absolute Gasteiger partial charge is 0.496 e. The van der Waals surface area contributed by atoms with Gasteiger partial charge >= 0.3 is 0 Å². The van der Waals surface area contributed by atoms with Crippen LogP contribution in [0.15, 0.2) is 54.6 Å². The van der Waals surface area contributed by atoms with Crippen LogP contribution in [0.5, 0.6) is 11.5 Å². The number of rotatable bonds is 9. The van der Waals surface area contributed by atoms with Gasteiger partial charge in [-0.25, -0.2) is 0 Å². The molecule has 0 N–H and O–H groups in total. The van der Waals surface area contributed by atoms with E-state index in [9.17, 15) is 4.79 Å². The highest BCUT2D eigenvalue weighted by molar-refractivity contribution is 5.75. The summed E-state index contributed by atoms with van der Waals surface area (Å²) in [5, 5.41) is 0. The average molecular weight is 327 g/mol. The van der Waals surface area contributed by atoms with Gasteiger partial charge in [0.1, 0.15) is 11.5 Å². The first kappa shape index (κ1) is 17.9. The molecular formula is C20H25NO3. The number of ether oxygens (including phenoxy) is 2. The molecule has 0 radical (unpaired) electrons. The van der Waals surface area contributed by atoms with Gasteiger partial charge in [0.25, 0.3) is 0 Å². The van der Waals surface area contributed by atoms with Crippen LogP contribution in [0.1, 0.15) is 18.4 Å². The quantitative estimate of drug-likeness (QED) is 0.661.